The van der Waals surface area contributed by atoms with Crippen molar-refractivity contribution < 1.29 is 0 Å². The quantitative estimate of drug-likeness (QED) is 0.343. The Kier molecular flexibility index (Phi) is 7.19. The highest BCUT2D eigenvalue weighted by molar-refractivity contribution is 6.85. The Hall–Kier alpha value is -2.64. The summed E-state index contributed by atoms with van der Waals surface area (Å²) in [6.45, 7) is 13.8. The second kappa shape index (κ2) is 10.1. The van der Waals surface area contributed by atoms with Crippen LogP contribution < -0.4 is 10.4 Å². The van der Waals surface area contributed by atoms with Gasteiger partial charge in [0.25, 0.3) is 0 Å². The summed E-state index contributed by atoms with van der Waals surface area (Å²) in [6.07, 6.45) is 2.20. The molecule has 1 aliphatic carbocycles. The van der Waals surface area contributed by atoms with Crippen LogP contribution in [0.1, 0.15) is 62.8 Å². The van der Waals surface area contributed by atoms with Crippen molar-refractivity contribution in [2.24, 2.45) is 0 Å². The smallest absolute Gasteiger partial charge is 0.0629 e. The molecule has 170 valence electrons. The molecule has 33 heavy (non-hydrogen) atoms. The van der Waals surface area contributed by atoms with Crippen molar-refractivity contribution >= 4 is 19.2 Å². The maximum absolute atomic E-state index is 2.52. The summed E-state index contributed by atoms with van der Waals surface area (Å²) in [5.74, 6) is 0.422. The molecular formula is C32H38Si. The van der Waals surface area contributed by atoms with Crippen LogP contribution in [0.5, 0.6) is 0 Å². The molecule has 0 N–H and O–H groups in total. The molecule has 4 rings (SSSR count). The van der Waals surface area contributed by atoms with Crippen molar-refractivity contribution in [3.8, 4) is 0 Å². The van der Waals surface area contributed by atoms with Gasteiger partial charge in [-0.25, -0.2) is 0 Å². The van der Waals surface area contributed by atoms with Crippen molar-refractivity contribution in [1.29, 1.82) is 0 Å². The van der Waals surface area contributed by atoms with Crippen LogP contribution >= 0.6 is 0 Å². The zero-order chi connectivity index (χ0) is 23.5. The van der Waals surface area contributed by atoms with Crippen molar-refractivity contribution in [3.05, 3.63) is 117 Å². The van der Waals surface area contributed by atoms with Gasteiger partial charge in [-0.3, -0.25) is 0 Å². The predicted octanol–water partition coefficient (Wildman–Crippen LogP) is 6.91. The van der Waals surface area contributed by atoms with Crippen LogP contribution in [0.3, 0.4) is 0 Å². The highest BCUT2D eigenvalue weighted by Gasteiger charge is 2.31. The lowest BCUT2D eigenvalue weighted by molar-refractivity contribution is 0.932. The predicted molar refractivity (Wildman–Crippen MR) is 148 cm³/mol. The highest BCUT2D eigenvalue weighted by Crippen LogP contribution is 2.45. The fourth-order valence-corrected chi connectivity index (χ4v) is 9.01. The first-order valence-electron chi connectivity index (χ1n) is 12.5. The molecule has 0 heterocycles. The molecule has 0 saturated heterocycles. The Morgan fingerprint density at radius 2 is 1.33 bits per heavy atom. The lowest BCUT2D eigenvalue weighted by Crippen LogP contribution is -2.43. The van der Waals surface area contributed by atoms with Gasteiger partial charge in [0.05, 0.1) is 0 Å². The summed E-state index contributed by atoms with van der Waals surface area (Å²) in [7, 11) is -1.46. The van der Waals surface area contributed by atoms with Crippen LogP contribution in [0, 0.1) is 6.92 Å². The first-order chi connectivity index (χ1) is 15.9. The molecule has 0 bridgehead atoms. The third-order valence-corrected chi connectivity index (χ3v) is 10.9. The van der Waals surface area contributed by atoms with Gasteiger partial charge in [0.1, 0.15) is 8.80 Å². The number of hydrogen-bond donors (Lipinski definition) is 0. The molecule has 2 atom stereocenters. The summed E-state index contributed by atoms with van der Waals surface area (Å²) in [5.41, 5.74) is 12.0. The number of rotatable bonds is 7. The number of benzene rings is 3. The van der Waals surface area contributed by atoms with Crippen LogP contribution in [-0.4, -0.2) is 8.80 Å². The van der Waals surface area contributed by atoms with E-state index in [9.17, 15) is 0 Å². The normalized spacial score (nSPS) is 17.1. The van der Waals surface area contributed by atoms with E-state index in [0.717, 1.165) is 12.8 Å². The lowest BCUT2D eigenvalue weighted by atomic mass is 9.89. The number of hydrogen-bond acceptors (Lipinski definition) is 0. The highest BCUT2D eigenvalue weighted by atomic mass is 28.3. The van der Waals surface area contributed by atoms with Crippen LogP contribution in [0.25, 0.3) is 0 Å². The molecule has 0 saturated carbocycles. The Balaban J connectivity index is 1.84. The van der Waals surface area contributed by atoms with Crippen LogP contribution in [-0.2, 0) is 12.8 Å². The van der Waals surface area contributed by atoms with Crippen molar-refractivity contribution in [1.82, 2.24) is 0 Å². The Bertz CT molecular complexity index is 1170. The van der Waals surface area contributed by atoms with Crippen LogP contribution in [0.4, 0.5) is 0 Å². The molecule has 1 heteroatoms. The fraction of sp³-hybridized carbons (Fsp3) is 0.312. The average molecular weight is 451 g/mol. The molecule has 0 fully saturated rings. The minimum absolute atomic E-state index is 0.422. The maximum Gasteiger partial charge on any atom is 0.107 e. The van der Waals surface area contributed by atoms with Gasteiger partial charge in [-0.2, -0.15) is 0 Å². The van der Waals surface area contributed by atoms with E-state index in [0.29, 0.717) is 5.92 Å². The molecular weight excluding hydrogens is 412 g/mol. The SMILES string of the molecule is CCc1cc(CC)cc([SiH](CC2=C(C)C(C)=C(C)C2c2ccccc2)c2cccc(C)c2)c1. The number of allylic oxidation sites excluding steroid dienone is 4. The van der Waals surface area contributed by atoms with Gasteiger partial charge in [-0.05, 0) is 74.4 Å². The van der Waals surface area contributed by atoms with Gasteiger partial charge in [0.2, 0.25) is 0 Å². The Morgan fingerprint density at radius 1 is 0.667 bits per heavy atom. The molecule has 0 radical (unpaired) electrons. The minimum atomic E-state index is -1.46. The summed E-state index contributed by atoms with van der Waals surface area (Å²) in [6, 6.07) is 29.1. The molecule has 0 aliphatic heterocycles. The second-order valence-electron chi connectivity index (χ2n) is 9.76. The van der Waals surface area contributed by atoms with E-state index in [4.69, 9.17) is 0 Å². The molecule has 0 nitrogen and oxygen atoms in total. The molecule has 3 aromatic rings. The van der Waals surface area contributed by atoms with Gasteiger partial charge < -0.3 is 0 Å². The molecule has 0 aromatic heterocycles. The third-order valence-electron chi connectivity index (χ3n) is 7.71. The zero-order valence-corrected chi connectivity index (χ0v) is 22.4. The van der Waals surface area contributed by atoms with E-state index in [1.54, 1.807) is 15.9 Å². The van der Waals surface area contributed by atoms with E-state index < -0.39 is 8.80 Å². The zero-order valence-electron chi connectivity index (χ0n) is 21.2. The van der Waals surface area contributed by atoms with E-state index >= 15 is 0 Å². The van der Waals surface area contributed by atoms with E-state index in [1.807, 2.05) is 0 Å². The molecule has 2 unspecified atom stereocenters. The fourth-order valence-electron chi connectivity index (χ4n) is 5.53. The topological polar surface area (TPSA) is 0 Å². The maximum atomic E-state index is 2.52. The monoisotopic (exact) mass is 450 g/mol. The van der Waals surface area contributed by atoms with E-state index in [1.165, 1.54) is 45.0 Å². The lowest BCUT2D eigenvalue weighted by Gasteiger charge is -2.25. The first kappa shape index (κ1) is 23.5. The Morgan fingerprint density at radius 3 is 1.94 bits per heavy atom. The summed E-state index contributed by atoms with van der Waals surface area (Å²) in [5, 5.41) is 3.17. The molecule has 0 amide bonds. The van der Waals surface area contributed by atoms with Crippen molar-refractivity contribution in [2.45, 2.75) is 66.3 Å². The minimum Gasteiger partial charge on any atom is -0.0629 e. The average Bonchev–Trinajstić information content (AvgIpc) is 3.05. The largest absolute Gasteiger partial charge is 0.107 e. The second-order valence-corrected chi connectivity index (χ2v) is 12.6. The van der Waals surface area contributed by atoms with Gasteiger partial charge in [0.15, 0.2) is 0 Å². The van der Waals surface area contributed by atoms with Crippen molar-refractivity contribution in [3.63, 3.8) is 0 Å². The molecule has 0 spiro atoms. The summed E-state index contributed by atoms with van der Waals surface area (Å²) < 4.78 is 0. The standard InChI is InChI=1S/C32H38Si/c1-7-26-18-27(8-2)20-30(19-26)33(29-16-12-13-22(3)17-29)21-31-24(5)23(4)25(6)32(31)28-14-10-9-11-15-28/h9-20,32-33H,7-8,21H2,1-6H3. The molecule has 3 aromatic carbocycles. The first-order valence-corrected chi connectivity index (χ1v) is 14.5. The van der Waals surface area contributed by atoms with Crippen LogP contribution in [0.2, 0.25) is 6.04 Å². The van der Waals surface area contributed by atoms with E-state index in [-0.39, 0.29) is 0 Å². The van der Waals surface area contributed by atoms with Crippen LogP contribution in [0.15, 0.2) is 95.1 Å². The summed E-state index contributed by atoms with van der Waals surface area (Å²) >= 11 is 0. The third kappa shape index (κ3) is 4.84. The van der Waals surface area contributed by atoms with Gasteiger partial charge in [-0.1, -0.05) is 114 Å². The van der Waals surface area contributed by atoms with Gasteiger partial charge in [0, 0.05) is 5.92 Å². The number of aryl methyl sites for hydroxylation is 3. The van der Waals surface area contributed by atoms with Crippen molar-refractivity contribution in [2.75, 3.05) is 0 Å². The Labute approximate surface area is 202 Å². The van der Waals surface area contributed by atoms with Gasteiger partial charge >= 0.3 is 0 Å². The van der Waals surface area contributed by atoms with Gasteiger partial charge in [-0.15, -0.1) is 0 Å². The molecule has 1 aliphatic rings. The van der Waals surface area contributed by atoms with E-state index in [2.05, 4.69) is 114 Å². The summed E-state index contributed by atoms with van der Waals surface area (Å²) in [4.78, 5) is 0.